The quantitative estimate of drug-likeness (QED) is 0.619. The van der Waals surface area contributed by atoms with Gasteiger partial charge in [-0.2, -0.15) is 0 Å². The molecule has 6 nitrogen and oxygen atoms in total. The first-order valence-electron chi connectivity index (χ1n) is 12.2. The lowest BCUT2D eigenvalue weighted by atomic mass is 9.71. The topological polar surface area (TPSA) is 96.7 Å². The molecule has 0 amide bonds. The number of thiazole rings is 1. The lowest BCUT2D eigenvalue weighted by Crippen LogP contribution is -2.46. The molecule has 3 fully saturated rings. The molecular weight excluding hydrogens is 438 g/mol. The minimum absolute atomic E-state index is 0.0208. The highest BCUT2D eigenvalue weighted by Crippen LogP contribution is 2.68. The largest absolute Gasteiger partial charge is 0.458 e. The molecule has 0 bridgehead atoms. The van der Waals surface area contributed by atoms with Crippen molar-refractivity contribution in [3.8, 4) is 0 Å². The summed E-state index contributed by atoms with van der Waals surface area (Å²) in [6, 6.07) is 0. The highest BCUT2D eigenvalue weighted by molar-refractivity contribution is 7.09. The Hall–Kier alpha value is -1.57. The van der Waals surface area contributed by atoms with Crippen molar-refractivity contribution in [3.63, 3.8) is 0 Å². The molecule has 7 atom stereocenters. The van der Waals surface area contributed by atoms with Gasteiger partial charge in [0.2, 0.25) is 0 Å². The first-order chi connectivity index (χ1) is 15.5. The van der Waals surface area contributed by atoms with E-state index in [1.807, 2.05) is 25.3 Å². The molecule has 182 valence electrons. The number of ether oxygens (including phenoxy) is 1. The zero-order valence-electron chi connectivity index (χ0n) is 20.3. The van der Waals surface area contributed by atoms with Gasteiger partial charge in [-0.25, -0.2) is 4.98 Å². The molecule has 0 radical (unpaired) electrons. The van der Waals surface area contributed by atoms with Crippen LogP contribution in [0.15, 0.2) is 11.0 Å². The predicted octanol–water partition coefficient (Wildman–Crippen LogP) is 4.32. The lowest BCUT2D eigenvalue weighted by molar-refractivity contribution is -0.154. The van der Waals surface area contributed by atoms with Crippen molar-refractivity contribution in [1.82, 2.24) is 4.98 Å². The van der Waals surface area contributed by atoms with Gasteiger partial charge < -0.3 is 14.9 Å². The van der Waals surface area contributed by atoms with E-state index in [0.717, 1.165) is 42.0 Å². The maximum atomic E-state index is 13.3. The van der Waals surface area contributed by atoms with E-state index in [1.165, 1.54) is 0 Å². The Bertz CT molecular complexity index is 952. The lowest BCUT2D eigenvalue weighted by Gasteiger charge is -2.35. The second-order valence-corrected chi connectivity index (χ2v) is 12.2. The number of Topliss-reactive ketones (excluding diaryl/α,β-unsaturated/α-hetero) is 1. The van der Waals surface area contributed by atoms with E-state index in [2.05, 4.69) is 4.98 Å². The molecule has 1 aromatic rings. The first-order valence-corrected chi connectivity index (χ1v) is 13.0. The van der Waals surface area contributed by atoms with E-state index in [4.69, 9.17) is 4.74 Å². The van der Waals surface area contributed by atoms with Crippen molar-refractivity contribution >= 4 is 29.2 Å². The van der Waals surface area contributed by atoms with Crippen LogP contribution >= 0.6 is 11.3 Å². The number of aryl methyl sites for hydroxylation is 1. The number of aliphatic hydroxyl groups excluding tert-OH is 2. The van der Waals surface area contributed by atoms with Crippen LogP contribution in [0.25, 0.3) is 6.08 Å². The van der Waals surface area contributed by atoms with Crippen molar-refractivity contribution in [1.29, 1.82) is 0 Å². The van der Waals surface area contributed by atoms with Crippen molar-refractivity contribution < 1.29 is 24.5 Å². The van der Waals surface area contributed by atoms with E-state index in [-0.39, 0.29) is 23.5 Å². The molecular formula is C26H37NO5S. The second kappa shape index (κ2) is 8.90. The summed E-state index contributed by atoms with van der Waals surface area (Å²) in [5.74, 6) is -0.866. The molecule has 1 spiro atoms. The average Bonchev–Trinajstić information content (AvgIpc) is 3.05. The zero-order chi connectivity index (χ0) is 24.1. The summed E-state index contributed by atoms with van der Waals surface area (Å²) in [6.45, 7) is 9.02. The Balaban J connectivity index is 1.67. The fourth-order valence-electron chi connectivity index (χ4n) is 6.35. The van der Waals surface area contributed by atoms with Crippen LogP contribution in [0.1, 0.15) is 76.9 Å². The normalized spacial score (nSPS) is 39.5. The molecule has 1 unspecified atom stereocenters. The van der Waals surface area contributed by atoms with Gasteiger partial charge in [-0.05, 0) is 68.4 Å². The summed E-state index contributed by atoms with van der Waals surface area (Å²) >= 11 is 1.58. The van der Waals surface area contributed by atoms with Crippen molar-refractivity contribution in [2.45, 2.75) is 91.5 Å². The third kappa shape index (κ3) is 4.56. The summed E-state index contributed by atoms with van der Waals surface area (Å²) in [5, 5.41) is 25.1. The number of carbonyl (C=O) groups is 2. The molecule has 1 aromatic heterocycles. The highest BCUT2D eigenvalue weighted by Gasteiger charge is 2.63. The fraction of sp³-hybridized carbons (Fsp3) is 0.731. The number of hydrogen-bond acceptors (Lipinski definition) is 7. The van der Waals surface area contributed by atoms with E-state index >= 15 is 0 Å². The molecule has 1 saturated heterocycles. The van der Waals surface area contributed by atoms with Crippen LogP contribution in [0, 0.1) is 35.5 Å². The van der Waals surface area contributed by atoms with Gasteiger partial charge in [0.05, 0.1) is 34.7 Å². The average molecular weight is 476 g/mol. The van der Waals surface area contributed by atoms with Gasteiger partial charge >= 0.3 is 5.97 Å². The number of cyclic esters (lactones) is 1. The van der Waals surface area contributed by atoms with Gasteiger partial charge in [-0.1, -0.05) is 27.2 Å². The van der Waals surface area contributed by atoms with Gasteiger partial charge in [0, 0.05) is 11.3 Å². The summed E-state index contributed by atoms with van der Waals surface area (Å²) in [4.78, 5) is 30.7. The number of aromatic nitrogens is 1. The fourth-order valence-corrected chi connectivity index (χ4v) is 6.92. The SMILES string of the molecule is C/C(=C\c1csc(C)n1)[C@@H]1C[C@@H]2C[C@@]23CCCC3[C@H](O)[C@@H](C)C(=O)C(C)(C)[C@@H](O)CC(=O)O1. The Morgan fingerprint density at radius 2 is 2.03 bits per heavy atom. The Labute approximate surface area is 200 Å². The Morgan fingerprint density at radius 1 is 1.30 bits per heavy atom. The van der Waals surface area contributed by atoms with Crippen molar-refractivity contribution in [3.05, 3.63) is 21.7 Å². The van der Waals surface area contributed by atoms with Crippen molar-refractivity contribution in [2.75, 3.05) is 0 Å². The number of rotatable bonds is 2. The van der Waals surface area contributed by atoms with Crippen LogP contribution < -0.4 is 0 Å². The molecule has 4 rings (SSSR count). The summed E-state index contributed by atoms with van der Waals surface area (Å²) < 4.78 is 5.93. The standard InChI is InChI=1S/C26H37NO5S/c1-14(9-18-13-33-16(3)27-18)20-10-17-12-26(17)8-6-7-19(26)23(30)15(2)24(31)25(4,5)21(28)11-22(29)32-20/h9,13,15,17,19-21,23,28,30H,6-8,10-12H2,1-5H3/b14-9+/t15-,17-,19?,20+,21+,23-,26+/m1/s1. The zero-order valence-corrected chi connectivity index (χ0v) is 21.2. The first kappa shape index (κ1) is 24.6. The third-order valence-corrected chi connectivity index (χ3v) is 9.43. The smallest absolute Gasteiger partial charge is 0.309 e. The van der Waals surface area contributed by atoms with Crippen molar-refractivity contribution in [2.24, 2.45) is 28.6 Å². The number of hydrogen-bond donors (Lipinski definition) is 2. The maximum absolute atomic E-state index is 13.3. The van der Waals surface area contributed by atoms with E-state index < -0.39 is 35.6 Å². The molecule has 1 aliphatic heterocycles. The number of aliphatic hydroxyl groups is 2. The molecule has 0 aromatic carbocycles. The minimum Gasteiger partial charge on any atom is -0.458 e. The molecule has 2 N–H and O–H groups in total. The molecule has 2 aliphatic carbocycles. The molecule has 3 aliphatic rings. The van der Waals surface area contributed by atoms with E-state index in [9.17, 15) is 19.8 Å². The number of carbonyl (C=O) groups excluding carboxylic acids is 2. The maximum Gasteiger partial charge on any atom is 0.309 e. The van der Waals surface area contributed by atoms with Crippen LogP contribution in [0.3, 0.4) is 0 Å². The third-order valence-electron chi connectivity index (χ3n) is 8.63. The van der Waals surface area contributed by atoms with Crippen LogP contribution in [0.4, 0.5) is 0 Å². The predicted molar refractivity (Wildman–Crippen MR) is 127 cm³/mol. The number of esters is 1. The van der Waals surface area contributed by atoms with Gasteiger partial charge in [0.15, 0.2) is 0 Å². The van der Waals surface area contributed by atoms with Gasteiger partial charge in [0.1, 0.15) is 11.9 Å². The van der Waals surface area contributed by atoms with E-state index in [1.54, 1.807) is 32.1 Å². The van der Waals surface area contributed by atoms with Crippen LogP contribution in [0.2, 0.25) is 0 Å². The second-order valence-electron chi connectivity index (χ2n) is 11.1. The van der Waals surface area contributed by atoms with Gasteiger partial charge in [-0.3, -0.25) is 9.59 Å². The number of nitrogens with zero attached hydrogens (tertiary/aromatic N) is 1. The van der Waals surface area contributed by atoms with Gasteiger partial charge in [0.25, 0.3) is 0 Å². The van der Waals surface area contributed by atoms with E-state index in [0.29, 0.717) is 12.3 Å². The number of ketones is 1. The Morgan fingerprint density at radius 3 is 2.70 bits per heavy atom. The monoisotopic (exact) mass is 475 g/mol. The van der Waals surface area contributed by atoms with Crippen LogP contribution in [-0.4, -0.2) is 45.3 Å². The van der Waals surface area contributed by atoms with Crippen LogP contribution in [-0.2, 0) is 14.3 Å². The minimum atomic E-state index is -1.17. The molecule has 7 heteroatoms. The summed E-state index contributed by atoms with van der Waals surface area (Å²) in [7, 11) is 0. The summed E-state index contributed by atoms with van der Waals surface area (Å²) in [6.07, 6.45) is 4.10. The Kier molecular flexibility index (Phi) is 6.62. The molecule has 33 heavy (non-hydrogen) atoms. The molecule has 2 saturated carbocycles. The summed E-state index contributed by atoms with van der Waals surface area (Å²) in [5.41, 5.74) is 0.654. The highest BCUT2D eigenvalue weighted by atomic mass is 32.1. The van der Waals surface area contributed by atoms with Crippen LogP contribution in [0.5, 0.6) is 0 Å². The van der Waals surface area contributed by atoms with Gasteiger partial charge in [-0.15, -0.1) is 11.3 Å². The molecule has 2 heterocycles.